The Morgan fingerprint density at radius 1 is 1.36 bits per heavy atom. The molecular formula is C11H14NaO2+. The fraction of sp³-hybridized carbons (Fsp3) is 0.364. The molecule has 0 fully saturated rings. The monoisotopic (exact) mass is 201 g/mol. The van der Waals surface area contributed by atoms with E-state index >= 15 is 0 Å². The van der Waals surface area contributed by atoms with Gasteiger partial charge in [-0.3, -0.25) is 4.79 Å². The first-order chi connectivity index (χ1) is 6.24. The van der Waals surface area contributed by atoms with Crippen LogP contribution >= 0.6 is 0 Å². The fourth-order valence-electron chi connectivity index (χ4n) is 1.43. The molecule has 0 heterocycles. The Hall–Kier alpha value is -0.310. The van der Waals surface area contributed by atoms with E-state index in [9.17, 15) is 4.79 Å². The van der Waals surface area contributed by atoms with Gasteiger partial charge >= 0.3 is 35.5 Å². The van der Waals surface area contributed by atoms with Gasteiger partial charge in [-0.25, -0.2) is 0 Å². The third kappa shape index (κ3) is 4.27. The molecule has 1 atom stereocenters. The van der Waals surface area contributed by atoms with Crippen molar-refractivity contribution in [1.29, 1.82) is 0 Å². The molecule has 1 unspecified atom stereocenters. The van der Waals surface area contributed by atoms with E-state index in [4.69, 9.17) is 5.11 Å². The topological polar surface area (TPSA) is 37.3 Å². The summed E-state index contributed by atoms with van der Waals surface area (Å²) in [4.78, 5) is 10.5. The minimum atomic E-state index is -0.726. The van der Waals surface area contributed by atoms with Crippen LogP contribution in [-0.2, 0) is 4.79 Å². The van der Waals surface area contributed by atoms with Crippen LogP contribution in [0.25, 0.3) is 0 Å². The molecule has 0 aliphatic rings. The van der Waals surface area contributed by atoms with Gasteiger partial charge in [0, 0.05) is 0 Å². The molecule has 1 aromatic rings. The van der Waals surface area contributed by atoms with Crippen LogP contribution in [0, 0.1) is 0 Å². The summed E-state index contributed by atoms with van der Waals surface area (Å²) in [6.45, 7) is 2.01. The summed E-state index contributed by atoms with van der Waals surface area (Å²) in [5, 5.41) is 8.68. The van der Waals surface area contributed by atoms with Crippen LogP contribution < -0.4 is 29.6 Å². The van der Waals surface area contributed by atoms with Crippen molar-refractivity contribution >= 4 is 5.97 Å². The van der Waals surface area contributed by atoms with E-state index in [-0.39, 0.29) is 41.9 Å². The second kappa shape index (κ2) is 7.04. The summed E-state index contributed by atoms with van der Waals surface area (Å²) in [5.41, 5.74) is 1.12. The SMILES string of the molecule is CCC(CC(=O)O)c1ccccc1.[Na+]. The van der Waals surface area contributed by atoms with E-state index in [1.165, 1.54) is 0 Å². The fourth-order valence-corrected chi connectivity index (χ4v) is 1.43. The number of hydrogen-bond acceptors (Lipinski definition) is 1. The standard InChI is InChI=1S/C11H14O2.Na/c1-2-9(8-11(12)13)10-6-4-3-5-7-10;/h3-7,9H,2,8H2,1H3,(H,12,13);/q;+1. The number of carboxylic acid groups (broad SMARTS) is 1. The molecule has 0 amide bonds. The maximum absolute atomic E-state index is 10.5. The smallest absolute Gasteiger partial charge is 0.481 e. The molecule has 0 saturated heterocycles. The maximum atomic E-state index is 10.5. The summed E-state index contributed by atoms with van der Waals surface area (Å²) in [5.74, 6) is -0.575. The second-order valence-electron chi connectivity index (χ2n) is 3.11. The first-order valence-corrected chi connectivity index (χ1v) is 4.50. The van der Waals surface area contributed by atoms with E-state index in [0.29, 0.717) is 0 Å². The van der Waals surface area contributed by atoms with Crippen LogP contribution in [0.5, 0.6) is 0 Å². The average Bonchev–Trinajstić information content (AvgIpc) is 2.15. The minimum Gasteiger partial charge on any atom is -0.481 e. The minimum absolute atomic E-state index is 0. The van der Waals surface area contributed by atoms with Gasteiger partial charge in [-0.1, -0.05) is 37.3 Å². The van der Waals surface area contributed by atoms with Gasteiger partial charge in [0.1, 0.15) is 0 Å². The molecular weight excluding hydrogens is 187 g/mol. The van der Waals surface area contributed by atoms with Crippen molar-refractivity contribution in [3.8, 4) is 0 Å². The maximum Gasteiger partial charge on any atom is 1.00 e. The number of rotatable bonds is 4. The van der Waals surface area contributed by atoms with Gasteiger partial charge < -0.3 is 5.11 Å². The van der Waals surface area contributed by atoms with Crippen molar-refractivity contribution in [1.82, 2.24) is 0 Å². The van der Waals surface area contributed by atoms with E-state index in [1.54, 1.807) is 0 Å². The van der Waals surface area contributed by atoms with Crippen LogP contribution in [0.4, 0.5) is 0 Å². The van der Waals surface area contributed by atoms with Crippen LogP contribution in [0.15, 0.2) is 30.3 Å². The zero-order valence-corrected chi connectivity index (χ0v) is 10.7. The first-order valence-electron chi connectivity index (χ1n) is 4.50. The van der Waals surface area contributed by atoms with Gasteiger partial charge in [0.2, 0.25) is 0 Å². The van der Waals surface area contributed by atoms with Crippen molar-refractivity contribution in [2.75, 3.05) is 0 Å². The third-order valence-electron chi connectivity index (χ3n) is 2.18. The van der Waals surface area contributed by atoms with Crippen LogP contribution in [-0.4, -0.2) is 11.1 Å². The van der Waals surface area contributed by atoms with Gasteiger partial charge in [0.25, 0.3) is 0 Å². The number of hydrogen-bond donors (Lipinski definition) is 1. The molecule has 1 rings (SSSR count). The molecule has 14 heavy (non-hydrogen) atoms. The van der Waals surface area contributed by atoms with E-state index in [2.05, 4.69) is 0 Å². The summed E-state index contributed by atoms with van der Waals surface area (Å²) < 4.78 is 0. The van der Waals surface area contributed by atoms with E-state index in [0.717, 1.165) is 12.0 Å². The van der Waals surface area contributed by atoms with Gasteiger partial charge in [0.15, 0.2) is 0 Å². The predicted octanol–water partition coefficient (Wildman–Crippen LogP) is -0.341. The molecule has 2 nitrogen and oxygen atoms in total. The normalized spacial score (nSPS) is 11.5. The number of carboxylic acids is 1. The van der Waals surface area contributed by atoms with Gasteiger partial charge in [-0.05, 0) is 17.9 Å². The summed E-state index contributed by atoms with van der Waals surface area (Å²) in [6, 6.07) is 9.80. The van der Waals surface area contributed by atoms with Crippen molar-refractivity contribution in [2.45, 2.75) is 25.7 Å². The molecule has 0 spiro atoms. The predicted molar refractivity (Wildman–Crippen MR) is 51.7 cm³/mol. The molecule has 0 aromatic heterocycles. The molecule has 1 N–H and O–H groups in total. The largest absolute Gasteiger partial charge is 1.00 e. The Labute approximate surface area is 107 Å². The molecule has 0 saturated carbocycles. The quantitative estimate of drug-likeness (QED) is 0.677. The molecule has 0 aliphatic heterocycles. The Bertz CT molecular complexity index is 272. The summed E-state index contributed by atoms with van der Waals surface area (Å²) in [7, 11) is 0. The zero-order valence-electron chi connectivity index (χ0n) is 8.73. The van der Waals surface area contributed by atoms with Crippen molar-refractivity contribution in [2.24, 2.45) is 0 Å². The Balaban J connectivity index is 0.00000169. The van der Waals surface area contributed by atoms with E-state index < -0.39 is 5.97 Å². The number of benzene rings is 1. The average molecular weight is 201 g/mol. The molecule has 1 aromatic carbocycles. The molecule has 70 valence electrons. The van der Waals surface area contributed by atoms with Crippen LogP contribution in [0.2, 0.25) is 0 Å². The van der Waals surface area contributed by atoms with Crippen molar-refractivity contribution < 1.29 is 39.5 Å². The molecule has 3 heteroatoms. The number of aliphatic carboxylic acids is 1. The van der Waals surface area contributed by atoms with Crippen molar-refractivity contribution in [3.63, 3.8) is 0 Å². The zero-order chi connectivity index (χ0) is 9.68. The van der Waals surface area contributed by atoms with Crippen LogP contribution in [0.3, 0.4) is 0 Å². The Morgan fingerprint density at radius 2 is 1.93 bits per heavy atom. The summed E-state index contributed by atoms with van der Waals surface area (Å²) >= 11 is 0. The third-order valence-corrected chi connectivity index (χ3v) is 2.18. The van der Waals surface area contributed by atoms with Gasteiger partial charge in [-0.15, -0.1) is 0 Å². The molecule has 0 aliphatic carbocycles. The van der Waals surface area contributed by atoms with Gasteiger partial charge in [-0.2, -0.15) is 0 Å². The Morgan fingerprint density at radius 3 is 2.36 bits per heavy atom. The van der Waals surface area contributed by atoms with E-state index in [1.807, 2.05) is 37.3 Å². The Kier molecular flexibility index (Phi) is 6.89. The summed E-state index contributed by atoms with van der Waals surface area (Å²) in [6.07, 6.45) is 1.09. The molecule has 0 bridgehead atoms. The first kappa shape index (κ1) is 13.7. The second-order valence-corrected chi connectivity index (χ2v) is 3.11. The van der Waals surface area contributed by atoms with Crippen LogP contribution in [0.1, 0.15) is 31.2 Å². The number of carbonyl (C=O) groups is 1. The molecule has 0 radical (unpaired) electrons. The van der Waals surface area contributed by atoms with Crippen molar-refractivity contribution in [3.05, 3.63) is 35.9 Å². The van der Waals surface area contributed by atoms with Gasteiger partial charge in [0.05, 0.1) is 6.42 Å².